The summed E-state index contributed by atoms with van der Waals surface area (Å²) in [6.07, 6.45) is 1.49. The minimum atomic E-state index is -0.554. The molecule has 0 atom stereocenters. The highest BCUT2D eigenvalue weighted by Gasteiger charge is 2.24. The van der Waals surface area contributed by atoms with E-state index in [1.807, 2.05) is 26.0 Å². The van der Waals surface area contributed by atoms with Crippen molar-refractivity contribution in [3.8, 4) is 11.9 Å². The topological polar surface area (TPSA) is 83.1 Å². The summed E-state index contributed by atoms with van der Waals surface area (Å²) >= 11 is 0. The molecule has 24 heavy (non-hydrogen) atoms. The van der Waals surface area contributed by atoms with Gasteiger partial charge in [-0.15, -0.1) is 0 Å². The van der Waals surface area contributed by atoms with Crippen molar-refractivity contribution in [2.75, 3.05) is 0 Å². The van der Waals surface area contributed by atoms with Crippen LogP contribution >= 0.6 is 0 Å². The van der Waals surface area contributed by atoms with E-state index in [9.17, 15) is 20.0 Å². The van der Waals surface area contributed by atoms with Crippen molar-refractivity contribution >= 4 is 5.78 Å². The molecule has 5 heteroatoms. The fourth-order valence-corrected chi connectivity index (χ4v) is 2.68. The van der Waals surface area contributed by atoms with E-state index in [-0.39, 0.29) is 29.1 Å². The van der Waals surface area contributed by atoms with Crippen LogP contribution in [0.5, 0.6) is 5.88 Å². The fourth-order valence-electron chi connectivity index (χ4n) is 2.68. The molecular formula is C19H20N2O3. The van der Waals surface area contributed by atoms with E-state index in [1.165, 1.54) is 6.92 Å². The largest absolute Gasteiger partial charge is 0.494 e. The van der Waals surface area contributed by atoms with Gasteiger partial charge in [0.25, 0.3) is 5.56 Å². The number of carbonyl (C=O) groups excluding carboxylic acids is 1. The van der Waals surface area contributed by atoms with Crippen LogP contribution in [-0.4, -0.2) is 15.5 Å². The average Bonchev–Trinajstić information content (AvgIpc) is 2.55. The summed E-state index contributed by atoms with van der Waals surface area (Å²) in [5.41, 5.74) is 0.921. The molecule has 1 N–H and O–H groups in total. The molecule has 0 spiro atoms. The van der Waals surface area contributed by atoms with Crippen molar-refractivity contribution in [2.24, 2.45) is 0 Å². The van der Waals surface area contributed by atoms with E-state index < -0.39 is 11.3 Å². The van der Waals surface area contributed by atoms with E-state index in [1.54, 1.807) is 18.2 Å². The zero-order valence-electron chi connectivity index (χ0n) is 14.1. The van der Waals surface area contributed by atoms with Crippen LogP contribution in [0.1, 0.15) is 52.4 Å². The first-order valence-corrected chi connectivity index (χ1v) is 7.90. The van der Waals surface area contributed by atoms with Crippen LogP contribution in [0.4, 0.5) is 0 Å². The summed E-state index contributed by atoms with van der Waals surface area (Å²) in [7, 11) is 0. The molecule has 124 valence electrons. The number of hydrogen-bond acceptors (Lipinski definition) is 4. The van der Waals surface area contributed by atoms with Crippen molar-refractivity contribution in [2.45, 2.75) is 40.2 Å². The third kappa shape index (κ3) is 3.09. The van der Waals surface area contributed by atoms with Gasteiger partial charge in [0.15, 0.2) is 5.78 Å². The Bertz CT molecular complexity index is 889. The summed E-state index contributed by atoms with van der Waals surface area (Å²) in [5, 5.41) is 19.8. The first-order valence-electron chi connectivity index (χ1n) is 7.90. The van der Waals surface area contributed by atoms with Gasteiger partial charge >= 0.3 is 0 Å². The number of unbranched alkanes of at least 4 members (excludes halogenated alkanes) is 1. The molecule has 5 nitrogen and oxygen atoms in total. The molecule has 0 unspecified atom stereocenters. The molecule has 0 bridgehead atoms. The number of rotatable bonds is 5. The molecule has 0 saturated heterocycles. The van der Waals surface area contributed by atoms with Crippen molar-refractivity contribution in [3.63, 3.8) is 0 Å². The van der Waals surface area contributed by atoms with Gasteiger partial charge in [-0.25, -0.2) is 0 Å². The highest BCUT2D eigenvalue weighted by molar-refractivity contribution is 6.11. The second-order valence-electron chi connectivity index (χ2n) is 5.82. The lowest BCUT2D eigenvalue weighted by Crippen LogP contribution is -2.26. The summed E-state index contributed by atoms with van der Waals surface area (Å²) in [6.45, 7) is 5.61. The normalized spacial score (nSPS) is 10.4. The van der Waals surface area contributed by atoms with Crippen LogP contribution in [0, 0.1) is 25.2 Å². The Morgan fingerprint density at radius 2 is 2.04 bits per heavy atom. The Morgan fingerprint density at radius 3 is 2.62 bits per heavy atom. The Kier molecular flexibility index (Phi) is 5.20. The van der Waals surface area contributed by atoms with Crippen LogP contribution in [0.15, 0.2) is 29.1 Å². The van der Waals surface area contributed by atoms with E-state index in [0.717, 1.165) is 16.6 Å². The maximum atomic E-state index is 12.9. The number of nitriles is 1. The van der Waals surface area contributed by atoms with Crippen LogP contribution in [0.25, 0.3) is 0 Å². The van der Waals surface area contributed by atoms with Gasteiger partial charge in [-0.05, 0) is 31.9 Å². The Balaban J connectivity index is 2.71. The van der Waals surface area contributed by atoms with Gasteiger partial charge in [-0.1, -0.05) is 37.1 Å². The maximum Gasteiger partial charge on any atom is 0.271 e. The van der Waals surface area contributed by atoms with Gasteiger partial charge in [-0.3, -0.25) is 14.2 Å². The van der Waals surface area contributed by atoms with E-state index >= 15 is 0 Å². The predicted octanol–water partition coefficient (Wildman–Crippen LogP) is 3.07. The molecule has 1 heterocycles. The molecule has 0 amide bonds. The van der Waals surface area contributed by atoms with Gasteiger partial charge in [0.1, 0.15) is 11.6 Å². The molecule has 1 aromatic carbocycles. The molecule has 0 saturated carbocycles. The van der Waals surface area contributed by atoms with Gasteiger partial charge in [-0.2, -0.15) is 5.26 Å². The van der Waals surface area contributed by atoms with Crippen LogP contribution in [0.2, 0.25) is 0 Å². The SMILES string of the molecule is CCCCn1c(O)c(C(=O)c2cccc(C)c2)c(C)c(C#N)c1=O. The number of pyridine rings is 1. The van der Waals surface area contributed by atoms with Crippen molar-refractivity contribution < 1.29 is 9.90 Å². The second-order valence-corrected chi connectivity index (χ2v) is 5.82. The number of aromatic nitrogens is 1. The lowest BCUT2D eigenvalue weighted by molar-refractivity contribution is 0.103. The molecule has 0 fully saturated rings. The standard InChI is InChI=1S/C19H20N2O3/c1-4-5-9-21-18(23)15(11-20)13(3)16(19(21)24)17(22)14-8-6-7-12(2)10-14/h6-8,10,24H,4-5,9H2,1-3H3. The average molecular weight is 324 g/mol. The Hall–Kier alpha value is -2.87. The van der Waals surface area contributed by atoms with Crippen molar-refractivity contribution in [1.82, 2.24) is 4.57 Å². The van der Waals surface area contributed by atoms with Gasteiger partial charge in [0.2, 0.25) is 5.88 Å². The van der Waals surface area contributed by atoms with Crippen molar-refractivity contribution in [1.29, 1.82) is 5.26 Å². The highest BCUT2D eigenvalue weighted by atomic mass is 16.3. The number of carbonyl (C=O) groups is 1. The predicted molar refractivity (Wildman–Crippen MR) is 91.3 cm³/mol. The Morgan fingerprint density at radius 1 is 1.33 bits per heavy atom. The lowest BCUT2D eigenvalue weighted by atomic mass is 9.96. The number of aryl methyl sites for hydroxylation is 1. The van der Waals surface area contributed by atoms with Crippen molar-refractivity contribution in [3.05, 3.63) is 62.4 Å². The van der Waals surface area contributed by atoms with Crippen LogP contribution < -0.4 is 5.56 Å². The number of nitrogens with zero attached hydrogens (tertiary/aromatic N) is 2. The molecule has 0 aliphatic heterocycles. The molecule has 0 aliphatic carbocycles. The first-order chi connectivity index (χ1) is 11.4. The monoisotopic (exact) mass is 324 g/mol. The molecular weight excluding hydrogens is 304 g/mol. The Labute approximate surface area is 140 Å². The summed E-state index contributed by atoms with van der Waals surface area (Å²) < 4.78 is 1.12. The zero-order valence-corrected chi connectivity index (χ0v) is 14.1. The minimum Gasteiger partial charge on any atom is -0.494 e. The lowest BCUT2D eigenvalue weighted by Gasteiger charge is -2.15. The second kappa shape index (κ2) is 7.14. The fraction of sp³-hybridized carbons (Fsp3) is 0.316. The molecule has 1 aromatic heterocycles. The van der Waals surface area contributed by atoms with E-state index in [4.69, 9.17) is 0 Å². The third-order valence-corrected chi connectivity index (χ3v) is 4.04. The molecule has 2 aromatic rings. The maximum absolute atomic E-state index is 12.9. The molecule has 0 radical (unpaired) electrons. The van der Waals surface area contributed by atoms with Crippen LogP contribution in [-0.2, 0) is 6.54 Å². The number of benzene rings is 1. The van der Waals surface area contributed by atoms with Gasteiger partial charge in [0.05, 0.1) is 5.56 Å². The molecule has 2 rings (SSSR count). The van der Waals surface area contributed by atoms with Gasteiger partial charge in [0, 0.05) is 12.1 Å². The van der Waals surface area contributed by atoms with E-state index in [2.05, 4.69) is 0 Å². The first kappa shape index (κ1) is 17.5. The summed E-state index contributed by atoms with van der Waals surface area (Å²) in [5.74, 6) is -0.757. The zero-order chi connectivity index (χ0) is 17.9. The number of aromatic hydroxyl groups is 1. The highest BCUT2D eigenvalue weighted by Crippen LogP contribution is 2.25. The third-order valence-electron chi connectivity index (χ3n) is 4.04. The summed E-state index contributed by atoms with van der Waals surface area (Å²) in [4.78, 5) is 25.2. The smallest absolute Gasteiger partial charge is 0.271 e. The van der Waals surface area contributed by atoms with Gasteiger partial charge < -0.3 is 5.11 Å². The minimum absolute atomic E-state index is 0.0212. The quantitative estimate of drug-likeness (QED) is 0.857. The summed E-state index contributed by atoms with van der Waals surface area (Å²) in [6, 6.07) is 8.87. The number of hydrogen-bond donors (Lipinski definition) is 1. The van der Waals surface area contributed by atoms with E-state index in [0.29, 0.717) is 12.0 Å². The van der Waals surface area contributed by atoms with Crippen LogP contribution in [0.3, 0.4) is 0 Å². The number of ketones is 1. The molecule has 0 aliphatic rings.